The first-order valence-electron chi connectivity index (χ1n) is 4.43. The molecule has 0 radical (unpaired) electrons. The molecule has 0 spiro atoms. The Morgan fingerprint density at radius 2 is 2.33 bits per heavy atom. The van der Waals surface area contributed by atoms with Gasteiger partial charge in [0.2, 0.25) is 0 Å². The number of hydrogen-bond acceptors (Lipinski definition) is 4. The monoisotopic (exact) mass is 206 g/mol. The average molecular weight is 206 g/mol. The van der Waals surface area contributed by atoms with Gasteiger partial charge in [-0.05, 0) is 25.1 Å². The van der Waals surface area contributed by atoms with Crippen LogP contribution in [-0.4, -0.2) is 26.1 Å². The highest BCUT2D eigenvalue weighted by Crippen LogP contribution is 2.18. The number of nitrogen functional groups attached to an aromatic ring is 1. The molecule has 0 aliphatic carbocycles. The zero-order valence-corrected chi connectivity index (χ0v) is 8.08. The topological polar surface area (TPSA) is 94.0 Å². The number of nitrogens with zero attached hydrogens (tertiary/aromatic N) is 3. The quantitative estimate of drug-likeness (QED) is 0.704. The first-order valence-corrected chi connectivity index (χ1v) is 4.43. The van der Waals surface area contributed by atoms with Gasteiger partial charge in [-0.2, -0.15) is 0 Å². The number of rotatable bonds is 2. The van der Waals surface area contributed by atoms with Crippen LogP contribution in [0.5, 0.6) is 0 Å². The predicted octanol–water partition coefficient (Wildman–Crippen LogP) is 0.659. The van der Waals surface area contributed by atoms with Crippen molar-refractivity contribution in [2.24, 2.45) is 0 Å². The summed E-state index contributed by atoms with van der Waals surface area (Å²) in [7, 11) is 0. The normalized spacial score (nSPS) is 12.9. The molecule has 1 aromatic carbocycles. The van der Waals surface area contributed by atoms with Crippen LogP contribution in [0.1, 0.15) is 13.0 Å². The van der Waals surface area contributed by atoms with Crippen LogP contribution in [0.4, 0.5) is 5.69 Å². The first-order chi connectivity index (χ1) is 7.09. The second kappa shape index (κ2) is 3.23. The van der Waals surface area contributed by atoms with Gasteiger partial charge in [0.05, 0.1) is 5.52 Å². The molecule has 0 saturated carbocycles. The number of carboxylic acids is 1. The molecule has 3 N–H and O–H groups in total. The minimum absolute atomic E-state index is 0.559. The Kier molecular flexibility index (Phi) is 2.03. The van der Waals surface area contributed by atoms with E-state index in [0.717, 1.165) is 0 Å². The summed E-state index contributed by atoms with van der Waals surface area (Å²) in [6.07, 6.45) is 0. The Labute approximate surface area is 85.3 Å². The van der Waals surface area contributed by atoms with Gasteiger partial charge >= 0.3 is 5.97 Å². The molecule has 1 heterocycles. The maximum absolute atomic E-state index is 10.8. The molecule has 0 saturated heterocycles. The molecular formula is C9H10N4O2. The lowest BCUT2D eigenvalue weighted by Crippen LogP contribution is -2.16. The molecule has 0 aliphatic heterocycles. The van der Waals surface area contributed by atoms with Gasteiger partial charge in [0.25, 0.3) is 0 Å². The molecule has 1 aromatic heterocycles. The minimum Gasteiger partial charge on any atom is -0.480 e. The predicted molar refractivity (Wildman–Crippen MR) is 54.3 cm³/mol. The number of carboxylic acid groups (broad SMARTS) is 1. The Bertz CT molecular complexity index is 520. The number of anilines is 1. The fraction of sp³-hybridized carbons (Fsp3) is 0.222. The summed E-state index contributed by atoms with van der Waals surface area (Å²) in [6, 6.07) is 4.32. The fourth-order valence-electron chi connectivity index (χ4n) is 1.34. The van der Waals surface area contributed by atoms with Crippen molar-refractivity contribution in [3.8, 4) is 0 Å². The van der Waals surface area contributed by atoms with Crippen molar-refractivity contribution in [1.82, 2.24) is 15.0 Å². The van der Waals surface area contributed by atoms with Crippen molar-refractivity contribution < 1.29 is 9.90 Å². The summed E-state index contributed by atoms with van der Waals surface area (Å²) in [6.45, 7) is 1.54. The van der Waals surface area contributed by atoms with Crippen molar-refractivity contribution in [2.45, 2.75) is 13.0 Å². The summed E-state index contributed by atoms with van der Waals surface area (Å²) >= 11 is 0. The van der Waals surface area contributed by atoms with E-state index in [2.05, 4.69) is 10.3 Å². The lowest BCUT2D eigenvalue weighted by Gasteiger charge is -2.06. The van der Waals surface area contributed by atoms with Gasteiger partial charge in [-0.25, -0.2) is 9.48 Å². The first kappa shape index (κ1) is 9.45. The average Bonchev–Trinajstić information content (AvgIpc) is 2.59. The van der Waals surface area contributed by atoms with Crippen LogP contribution in [0, 0.1) is 0 Å². The van der Waals surface area contributed by atoms with Crippen LogP contribution in [-0.2, 0) is 4.79 Å². The van der Waals surface area contributed by atoms with Crippen molar-refractivity contribution in [3.63, 3.8) is 0 Å². The fourth-order valence-corrected chi connectivity index (χ4v) is 1.34. The van der Waals surface area contributed by atoms with E-state index in [1.807, 2.05) is 0 Å². The molecule has 0 fully saturated rings. The van der Waals surface area contributed by atoms with Gasteiger partial charge < -0.3 is 10.8 Å². The van der Waals surface area contributed by atoms with E-state index < -0.39 is 12.0 Å². The summed E-state index contributed by atoms with van der Waals surface area (Å²) in [5.41, 5.74) is 7.44. The Balaban J connectivity index is 2.61. The molecule has 0 aliphatic rings. The number of nitrogens with two attached hydrogens (primary N) is 1. The van der Waals surface area contributed by atoms with Crippen LogP contribution in [0.2, 0.25) is 0 Å². The van der Waals surface area contributed by atoms with Gasteiger partial charge in [-0.1, -0.05) is 5.21 Å². The van der Waals surface area contributed by atoms with E-state index in [-0.39, 0.29) is 0 Å². The maximum Gasteiger partial charge on any atom is 0.328 e. The number of benzene rings is 1. The van der Waals surface area contributed by atoms with Gasteiger partial charge in [0.1, 0.15) is 11.6 Å². The number of carbonyl (C=O) groups is 1. The Morgan fingerprint density at radius 3 is 3.00 bits per heavy atom. The summed E-state index contributed by atoms with van der Waals surface area (Å²) in [5.74, 6) is -0.954. The standard InChI is InChI=1S/C9H10N4O2/c1-5(9(14)15)13-8-4-6(10)2-3-7(8)11-12-13/h2-5H,10H2,1H3,(H,14,15)/t5-/m0/s1. The number of aliphatic carboxylic acids is 1. The highest BCUT2D eigenvalue weighted by atomic mass is 16.4. The second-order valence-electron chi connectivity index (χ2n) is 3.30. The number of hydrogen-bond donors (Lipinski definition) is 2. The zero-order chi connectivity index (χ0) is 11.0. The van der Waals surface area contributed by atoms with Crippen molar-refractivity contribution in [2.75, 3.05) is 5.73 Å². The summed E-state index contributed by atoms with van der Waals surface area (Å²) < 4.78 is 1.34. The third kappa shape index (κ3) is 1.50. The van der Waals surface area contributed by atoms with Crippen LogP contribution >= 0.6 is 0 Å². The van der Waals surface area contributed by atoms with Crippen LogP contribution in [0.15, 0.2) is 18.2 Å². The minimum atomic E-state index is -0.954. The summed E-state index contributed by atoms with van der Waals surface area (Å²) in [5, 5.41) is 16.5. The largest absolute Gasteiger partial charge is 0.480 e. The van der Waals surface area contributed by atoms with E-state index in [4.69, 9.17) is 10.8 Å². The van der Waals surface area contributed by atoms with Gasteiger partial charge in [-0.3, -0.25) is 0 Å². The van der Waals surface area contributed by atoms with Crippen LogP contribution in [0.25, 0.3) is 11.0 Å². The Morgan fingerprint density at radius 1 is 1.60 bits per heavy atom. The third-order valence-corrected chi connectivity index (χ3v) is 2.22. The van der Waals surface area contributed by atoms with E-state index in [1.165, 1.54) is 4.68 Å². The molecule has 15 heavy (non-hydrogen) atoms. The van der Waals surface area contributed by atoms with Gasteiger partial charge in [-0.15, -0.1) is 5.10 Å². The van der Waals surface area contributed by atoms with Crippen LogP contribution in [0.3, 0.4) is 0 Å². The molecule has 1 atom stereocenters. The molecule has 6 nitrogen and oxygen atoms in total. The lowest BCUT2D eigenvalue weighted by molar-refractivity contribution is -0.140. The molecular weight excluding hydrogens is 196 g/mol. The number of aromatic nitrogens is 3. The van der Waals surface area contributed by atoms with Crippen molar-refractivity contribution >= 4 is 22.7 Å². The van der Waals surface area contributed by atoms with Gasteiger partial charge in [0, 0.05) is 5.69 Å². The van der Waals surface area contributed by atoms with Crippen molar-refractivity contribution in [3.05, 3.63) is 18.2 Å². The molecule has 0 bridgehead atoms. The molecule has 0 unspecified atom stereocenters. The second-order valence-corrected chi connectivity index (χ2v) is 3.30. The highest BCUT2D eigenvalue weighted by Gasteiger charge is 2.17. The summed E-state index contributed by atoms with van der Waals surface area (Å²) in [4.78, 5) is 10.8. The zero-order valence-electron chi connectivity index (χ0n) is 8.08. The number of fused-ring (bicyclic) bond motifs is 1. The smallest absolute Gasteiger partial charge is 0.328 e. The maximum atomic E-state index is 10.8. The van der Waals surface area contributed by atoms with E-state index in [9.17, 15) is 4.79 Å². The Hall–Kier alpha value is -2.11. The molecule has 78 valence electrons. The molecule has 2 aromatic rings. The molecule has 6 heteroatoms. The highest BCUT2D eigenvalue weighted by molar-refractivity contribution is 5.80. The van der Waals surface area contributed by atoms with Crippen LogP contribution < -0.4 is 5.73 Å². The molecule has 2 rings (SSSR count). The molecule has 0 amide bonds. The van der Waals surface area contributed by atoms with E-state index in [1.54, 1.807) is 25.1 Å². The third-order valence-electron chi connectivity index (χ3n) is 2.22. The van der Waals surface area contributed by atoms with E-state index in [0.29, 0.717) is 16.7 Å². The SMILES string of the molecule is C[C@@H](C(=O)O)n1nnc2ccc(N)cc21. The van der Waals surface area contributed by atoms with E-state index >= 15 is 0 Å². The lowest BCUT2D eigenvalue weighted by atomic mass is 10.2. The van der Waals surface area contributed by atoms with Gasteiger partial charge in [0.15, 0.2) is 0 Å². The van der Waals surface area contributed by atoms with Crippen molar-refractivity contribution in [1.29, 1.82) is 0 Å².